The van der Waals surface area contributed by atoms with E-state index in [0.29, 0.717) is 11.4 Å². The molecule has 1 N–H and O–H groups in total. The SMILES string of the molecule is COc1ncc([Si](C)(C)C)cc1C(O)(c1ccccc1)c1ccccc1. The zero-order valence-corrected chi connectivity index (χ0v) is 16.7. The lowest BCUT2D eigenvalue weighted by molar-refractivity contribution is 0.121. The summed E-state index contributed by atoms with van der Waals surface area (Å²) in [7, 11) is -0.0166. The van der Waals surface area contributed by atoms with Crippen LogP contribution in [0.5, 0.6) is 5.88 Å². The van der Waals surface area contributed by atoms with Gasteiger partial charge in [0.05, 0.1) is 20.7 Å². The van der Waals surface area contributed by atoms with Crippen LogP contribution in [0.2, 0.25) is 19.6 Å². The molecule has 0 saturated carbocycles. The van der Waals surface area contributed by atoms with Crippen LogP contribution in [0, 0.1) is 0 Å². The zero-order valence-electron chi connectivity index (χ0n) is 15.7. The van der Waals surface area contributed by atoms with E-state index in [-0.39, 0.29) is 0 Å². The summed E-state index contributed by atoms with van der Waals surface area (Å²) in [5.41, 5.74) is 0.923. The summed E-state index contributed by atoms with van der Waals surface area (Å²) in [5.74, 6) is 0.446. The molecule has 1 aromatic heterocycles. The van der Waals surface area contributed by atoms with E-state index in [9.17, 15) is 5.11 Å². The Bertz CT molecular complexity index is 834. The Morgan fingerprint density at radius 3 is 1.81 bits per heavy atom. The van der Waals surface area contributed by atoms with Crippen LogP contribution < -0.4 is 9.92 Å². The van der Waals surface area contributed by atoms with Crippen molar-refractivity contribution in [3.8, 4) is 5.88 Å². The molecule has 1 heterocycles. The van der Waals surface area contributed by atoms with Crippen molar-refractivity contribution < 1.29 is 9.84 Å². The maximum Gasteiger partial charge on any atom is 0.219 e. The molecule has 4 heteroatoms. The highest BCUT2D eigenvalue weighted by Crippen LogP contribution is 2.40. The third-order valence-electron chi connectivity index (χ3n) is 4.68. The van der Waals surface area contributed by atoms with Crippen molar-refractivity contribution in [2.45, 2.75) is 25.2 Å². The molecule has 0 bridgehead atoms. The van der Waals surface area contributed by atoms with Gasteiger partial charge in [0, 0.05) is 6.20 Å². The van der Waals surface area contributed by atoms with Crippen LogP contribution >= 0.6 is 0 Å². The Morgan fingerprint density at radius 2 is 1.38 bits per heavy atom. The molecule has 26 heavy (non-hydrogen) atoms. The minimum absolute atomic E-state index is 0.446. The molecule has 0 aliphatic carbocycles. The molecule has 134 valence electrons. The topological polar surface area (TPSA) is 42.4 Å². The zero-order chi connectivity index (χ0) is 18.8. The van der Waals surface area contributed by atoms with Crippen LogP contribution in [-0.4, -0.2) is 25.3 Å². The molecule has 3 nitrogen and oxygen atoms in total. The molecule has 0 radical (unpaired) electrons. The standard InChI is InChI=1S/C22H25NO2Si/c1-25-21-20(15-19(16-23-21)26(2,3)4)22(24,17-11-7-5-8-12-17)18-13-9-6-10-14-18/h5-16,24H,1-4H3. The minimum Gasteiger partial charge on any atom is -0.481 e. The van der Waals surface area contributed by atoms with Crippen LogP contribution in [0.25, 0.3) is 0 Å². The maximum absolute atomic E-state index is 12.0. The van der Waals surface area contributed by atoms with E-state index in [1.807, 2.05) is 66.9 Å². The number of ether oxygens (including phenoxy) is 1. The molecule has 2 aromatic carbocycles. The Hall–Kier alpha value is -2.43. The molecule has 0 spiro atoms. The Morgan fingerprint density at radius 1 is 0.885 bits per heavy atom. The second-order valence-corrected chi connectivity index (χ2v) is 12.6. The normalized spacial score (nSPS) is 12.0. The summed E-state index contributed by atoms with van der Waals surface area (Å²) < 4.78 is 5.55. The lowest BCUT2D eigenvalue weighted by Crippen LogP contribution is -2.40. The van der Waals surface area contributed by atoms with E-state index in [1.54, 1.807) is 7.11 Å². The van der Waals surface area contributed by atoms with Gasteiger partial charge in [-0.15, -0.1) is 0 Å². The van der Waals surface area contributed by atoms with Gasteiger partial charge in [-0.25, -0.2) is 4.98 Å². The van der Waals surface area contributed by atoms with Crippen molar-refractivity contribution in [3.63, 3.8) is 0 Å². The largest absolute Gasteiger partial charge is 0.481 e. The summed E-state index contributed by atoms with van der Waals surface area (Å²) in [4.78, 5) is 4.53. The minimum atomic E-state index is -1.61. The maximum atomic E-state index is 12.0. The number of nitrogens with zero attached hydrogens (tertiary/aromatic N) is 1. The summed E-state index contributed by atoms with van der Waals surface area (Å²) in [6.07, 6.45) is 1.88. The number of benzene rings is 2. The number of hydrogen-bond donors (Lipinski definition) is 1. The summed E-state index contributed by atoms with van der Waals surface area (Å²) in [6, 6.07) is 21.5. The van der Waals surface area contributed by atoms with E-state index in [4.69, 9.17) is 4.74 Å². The highest BCUT2D eigenvalue weighted by Gasteiger charge is 2.38. The Kier molecular flexibility index (Phi) is 4.98. The lowest BCUT2D eigenvalue weighted by Gasteiger charge is -2.32. The predicted octanol–water partition coefficient (Wildman–Crippen LogP) is 3.92. The first-order valence-electron chi connectivity index (χ1n) is 8.76. The van der Waals surface area contributed by atoms with Crippen LogP contribution in [0.15, 0.2) is 72.9 Å². The second kappa shape index (κ2) is 7.06. The van der Waals surface area contributed by atoms with Crippen LogP contribution in [0.1, 0.15) is 16.7 Å². The molecule has 0 aliphatic heterocycles. The fourth-order valence-electron chi connectivity index (χ4n) is 3.12. The second-order valence-electron chi connectivity index (χ2n) is 7.47. The first kappa shape index (κ1) is 18.4. The third kappa shape index (κ3) is 3.30. The quantitative estimate of drug-likeness (QED) is 0.699. The Labute approximate surface area is 156 Å². The van der Waals surface area contributed by atoms with Crippen molar-refractivity contribution in [3.05, 3.63) is 89.6 Å². The van der Waals surface area contributed by atoms with Gasteiger partial charge in [0.15, 0.2) is 0 Å². The highest BCUT2D eigenvalue weighted by molar-refractivity contribution is 6.88. The van der Waals surface area contributed by atoms with Gasteiger partial charge in [-0.1, -0.05) is 80.3 Å². The van der Waals surface area contributed by atoms with Gasteiger partial charge in [0.2, 0.25) is 5.88 Å². The van der Waals surface area contributed by atoms with E-state index >= 15 is 0 Å². The van der Waals surface area contributed by atoms with Gasteiger partial charge in [-0.05, 0) is 22.4 Å². The monoisotopic (exact) mass is 363 g/mol. The molecule has 0 amide bonds. The molecule has 0 unspecified atom stereocenters. The Balaban J connectivity index is 2.33. The van der Waals surface area contributed by atoms with Gasteiger partial charge < -0.3 is 9.84 Å². The van der Waals surface area contributed by atoms with Crippen LogP contribution in [0.4, 0.5) is 0 Å². The fourth-order valence-corrected chi connectivity index (χ4v) is 4.15. The van der Waals surface area contributed by atoms with Crippen molar-refractivity contribution in [2.24, 2.45) is 0 Å². The fraction of sp³-hybridized carbons (Fsp3) is 0.227. The number of aliphatic hydroxyl groups is 1. The van der Waals surface area contributed by atoms with Crippen molar-refractivity contribution in [2.75, 3.05) is 7.11 Å². The highest BCUT2D eigenvalue weighted by atomic mass is 28.3. The number of pyridine rings is 1. The van der Waals surface area contributed by atoms with Crippen molar-refractivity contribution in [1.29, 1.82) is 0 Å². The van der Waals surface area contributed by atoms with Gasteiger partial charge in [-0.3, -0.25) is 0 Å². The third-order valence-corrected chi connectivity index (χ3v) is 6.69. The molecule has 0 atom stereocenters. The van der Waals surface area contributed by atoms with Crippen LogP contribution in [0.3, 0.4) is 0 Å². The van der Waals surface area contributed by atoms with Crippen LogP contribution in [-0.2, 0) is 5.60 Å². The number of methoxy groups -OCH3 is 1. The van der Waals surface area contributed by atoms with Gasteiger partial charge in [0.25, 0.3) is 0 Å². The predicted molar refractivity (Wildman–Crippen MR) is 109 cm³/mol. The van der Waals surface area contributed by atoms with E-state index in [0.717, 1.165) is 11.1 Å². The number of hydrogen-bond acceptors (Lipinski definition) is 3. The average molecular weight is 364 g/mol. The molecule has 3 rings (SSSR count). The van der Waals surface area contributed by atoms with Gasteiger partial charge in [0.1, 0.15) is 5.60 Å². The molecule has 0 fully saturated rings. The van der Waals surface area contributed by atoms with Crippen molar-refractivity contribution >= 4 is 13.3 Å². The van der Waals surface area contributed by atoms with Gasteiger partial charge in [-0.2, -0.15) is 0 Å². The van der Waals surface area contributed by atoms with E-state index in [1.165, 1.54) is 5.19 Å². The molecule has 3 aromatic rings. The smallest absolute Gasteiger partial charge is 0.219 e. The summed E-state index contributed by atoms with van der Waals surface area (Å²) in [5, 5.41) is 13.2. The first-order valence-corrected chi connectivity index (χ1v) is 12.3. The van der Waals surface area contributed by atoms with E-state index < -0.39 is 13.7 Å². The summed E-state index contributed by atoms with van der Waals surface area (Å²) >= 11 is 0. The average Bonchev–Trinajstić information content (AvgIpc) is 2.67. The molecular weight excluding hydrogens is 338 g/mol. The van der Waals surface area contributed by atoms with Crippen molar-refractivity contribution in [1.82, 2.24) is 4.98 Å². The number of aromatic nitrogens is 1. The molecule has 0 saturated heterocycles. The lowest BCUT2D eigenvalue weighted by atomic mass is 9.81. The first-order chi connectivity index (χ1) is 12.4. The number of rotatable bonds is 5. The van der Waals surface area contributed by atoms with Gasteiger partial charge >= 0.3 is 0 Å². The molecule has 0 aliphatic rings. The van der Waals surface area contributed by atoms with E-state index in [2.05, 4.69) is 30.7 Å². The molecular formula is C22H25NO2Si. The summed E-state index contributed by atoms with van der Waals surface area (Å²) in [6.45, 7) is 6.80.